The average molecular weight is 140 g/mol. The molecule has 0 radical (unpaired) electrons. The monoisotopic (exact) mass is 140 g/mol. The van der Waals surface area contributed by atoms with Gasteiger partial charge in [-0.25, -0.2) is 0 Å². The summed E-state index contributed by atoms with van der Waals surface area (Å²) in [6.45, 7) is 3.35. The van der Waals surface area contributed by atoms with E-state index in [-0.39, 0.29) is 0 Å². The van der Waals surface area contributed by atoms with E-state index in [4.69, 9.17) is 5.73 Å². The second kappa shape index (κ2) is 2.21. The highest BCUT2D eigenvalue weighted by atomic mass is 14.9. The molecule has 1 saturated carbocycles. The molecule has 2 heteroatoms. The highest BCUT2D eigenvalue weighted by Crippen LogP contribution is 2.57. The lowest BCUT2D eigenvalue weighted by molar-refractivity contribution is 0.325. The maximum atomic E-state index is 5.62. The van der Waals surface area contributed by atoms with Crippen molar-refractivity contribution in [3.05, 3.63) is 0 Å². The average Bonchev–Trinajstić information content (AvgIpc) is 2.65. The zero-order valence-electron chi connectivity index (χ0n) is 6.40. The molecule has 1 unspecified atom stereocenters. The Kier molecular flexibility index (Phi) is 1.46. The summed E-state index contributed by atoms with van der Waals surface area (Å²) in [6.07, 6.45) is 4.15. The van der Waals surface area contributed by atoms with Gasteiger partial charge in [0.15, 0.2) is 0 Å². The summed E-state index contributed by atoms with van der Waals surface area (Å²) < 4.78 is 0. The number of hydrogen-bond acceptors (Lipinski definition) is 2. The molecular formula is C8H16N2. The molecule has 1 aliphatic carbocycles. The molecule has 0 amide bonds. The van der Waals surface area contributed by atoms with Gasteiger partial charge >= 0.3 is 0 Å². The maximum absolute atomic E-state index is 5.62. The number of hydrogen-bond donors (Lipinski definition) is 2. The van der Waals surface area contributed by atoms with Crippen LogP contribution < -0.4 is 11.1 Å². The van der Waals surface area contributed by atoms with Crippen LogP contribution in [0.25, 0.3) is 0 Å². The van der Waals surface area contributed by atoms with Crippen molar-refractivity contribution in [1.82, 2.24) is 5.32 Å². The molecular weight excluding hydrogens is 124 g/mol. The van der Waals surface area contributed by atoms with Crippen molar-refractivity contribution in [2.45, 2.75) is 19.3 Å². The van der Waals surface area contributed by atoms with E-state index in [0.29, 0.717) is 5.41 Å². The molecule has 0 aromatic rings. The summed E-state index contributed by atoms with van der Waals surface area (Å²) >= 11 is 0. The molecule has 0 aromatic carbocycles. The zero-order chi connectivity index (χ0) is 7.03. The van der Waals surface area contributed by atoms with Gasteiger partial charge in [-0.2, -0.15) is 0 Å². The topological polar surface area (TPSA) is 38.0 Å². The Hall–Kier alpha value is -0.0800. The lowest BCUT2D eigenvalue weighted by Gasteiger charge is -2.23. The first-order chi connectivity index (χ1) is 4.87. The third-order valence-corrected chi connectivity index (χ3v) is 3.24. The minimum atomic E-state index is 0.708. The maximum Gasteiger partial charge on any atom is -0.00433 e. The molecule has 0 aromatic heterocycles. The van der Waals surface area contributed by atoms with E-state index < -0.39 is 0 Å². The fourth-order valence-corrected chi connectivity index (χ4v) is 2.30. The van der Waals surface area contributed by atoms with Gasteiger partial charge in [0.05, 0.1) is 0 Å². The second-order valence-corrected chi connectivity index (χ2v) is 3.75. The van der Waals surface area contributed by atoms with Crippen LogP contribution in [0.4, 0.5) is 0 Å². The van der Waals surface area contributed by atoms with Gasteiger partial charge in [0, 0.05) is 0 Å². The largest absolute Gasteiger partial charge is 0.330 e. The van der Waals surface area contributed by atoms with Gasteiger partial charge in [-0.05, 0) is 50.2 Å². The van der Waals surface area contributed by atoms with E-state index >= 15 is 0 Å². The predicted molar refractivity (Wildman–Crippen MR) is 41.7 cm³/mol. The highest BCUT2D eigenvalue weighted by molar-refractivity contribution is 5.04. The van der Waals surface area contributed by atoms with Gasteiger partial charge in [0.1, 0.15) is 0 Å². The molecule has 2 rings (SSSR count). The third kappa shape index (κ3) is 0.867. The first-order valence-electron chi connectivity index (χ1n) is 4.28. The smallest absolute Gasteiger partial charge is 0.00433 e. The molecule has 1 atom stereocenters. The standard InChI is InChI=1S/C8H16N2/c9-6-7-5-8(7)1-3-10-4-2-8/h7,10H,1-6,9H2. The van der Waals surface area contributed by atoms with E-state index in [2.05, 4.69) is 5.32 Å². The first-order valence-corrected chi connectivity index (χ1v) is 4.28. The zero-order valence-corrected chi connectivity index (χ0v) is 6.40. The van der Waals surface area contributed by atoms with Crippen LogP contribution in [-0.2, 0) is 0 Å². The molecule has 1 spiro atoms. The number of piperidine rings is 1. The second-order valence-electron chi connectivity index (χ2n) is 3.75. The quantitative estimate of drug-likeness (QED) is 0.551. The third-order valence-electron chi connectivity index (χ3n) is 3.24. The van der Waals surface area contributed by atoms with E-state index in [9.17, 15) is 0 Å². The van der Waals surface area contributed by atoms with Crippen LogP contribution in [0.3, 0.4) is 0 Å². The summed E-state index contributed by atoms with van der Waals surface area (Å²) in [6, 6.07) is 0. The number of nitrogens with one attached hydrogen (secondary N) is 1. The van der Waals surface area contributed by atoms with Crippen molar-refractivity contribution in [2.24, 2.45) is 17.1 Å². The van der Waals surface area contributed by atoms with Gasteiger partial charge in [-0.3, -0.25) is 0 Å². The van der Waals surface area contributed by atoms with Crippen LogP contribution in [0.15, 0.2) is 0 Å². The van der Waals surface area contributed by atoms with E-state index in [1.807, 2.05) is 0 Å². The van der Waals surface area contributed by atoms with Crippen molar-refractivity contribution in [3.63, 3.8) is 0 Å². The lowest BCUT2D eigenvalue weighted by Crippen LogP contribution is -2.30. The van der Waals surface area contributed by atoms with Crippen LogP contribution in [-0.4, -0.2) is 19.6 Å². The van der Waals surface area contributed by atoms with Crippen LogP contribution >= 0.6 is 0 Å². The Morgan fingerprint density at radius 2 is 2.10 bits per heavy atom. The van der Waals surface area contributed by atoms with E-state index in [0.717, 1.165) is 12.5 Å². The van der Waals surface area contributed by atoms with Crippen molar-refractivity contribution < 1.29 is 0 Å². The van der Waals surface area contributed by atoms with Crippen molar-refractivity contribution in [2.75, 3.05) is 19.6 Å². The molecule has 58 valence electrons. The molecule has 0 bridgehead atoms. The summed E-state index contributed by atoms with van der Waals surface area (Å²) in [5.41, 5.74) is 6.33. The molecule has 2 fully saturated rings. The molecule has 10 heavy (non-hydrogen) atoms. The van der Waals surface area contributed by atoms with Crippen LogP contribution in [0.1, 0.15) is 19.3 Å². The van der Waals surface area contributed by atoms with Crippen molar-refractivity contribution >= 4 is 0 Å². The molecule has 1 aliphatic heterocycles. The fraction of sp³-hybridized carbons (Fsp3) is 1.00. The molecule has 3 N–H and O–H groups in total. The predicted octanol–water partition coefficient (Wildman–Crippen LogP) is 0.335. The Balaban J connectivity index is 1.92. The van der Waals surface area contributed by atoms with Gasteiger partial charge in [0.2, 0.25) is 0 Å². The van der Waals surface area contributed by atoms with Crippen molar-refractivity contribution in [3.8, 4) is 0 Å². The summed E-state index contributed by atoms with van der Waals surface area (Å²) in [5.74, 6) is 0.870. The van der Waals surface area contributed by atoms with Gasteiger partial charge < -0.3 is 11.1 Å². The Morgan fingerprint density at radius 3 is 2.60 bits per heavy atom. The number of nitrogens with two attached hydrogens (primary N) is 1. The summed E-state index contributed by atoms with van der Waals surface area (Å²) in [4.78, 5) is 0. The van der Waals surface area contributed by atoms with Crippen LogP contribution in [0.2, 0.25) is 0 Å². The minimum Gasteiger partial charge on any atom is -0.330 e. The van der Waals surface area contributed by atoms with Crippen molar-refractivity contribution in [1.29, 1.82) is 0 Å². The first kappa shape index (κ1) is 6.62. The Bertz CT molecular complexity index is 127. The Labute approximate surface area is 62.2 Å². The summed E-state index contributed by atoms with van der Waals surface area (Å²) in [7, 11) is 0. The lowest BCUT2D eigenvalue weighted by atomic mass is 9.92. The highest BCUT2D eigenvalue weighted by Gasteiger charge is 2.52. The summed E-state index contributed by atoms with van der Waals surface area (Å²) in [5, 5.41) is 3.38. The van der Waals surface area contributed by atoms with Crippen LogP contribution in [0.5, 0.6) is 0 Å². The number of rotatable bonds is 1. The van der Waals surface area contributed by atoms with Gasteiger partial charge in [-0.1, -0.05) is 0 Å². The minimum absolute atomic E-state index is 0.708. The van der Waals surface area contributed by atoms with Gasteiger partial charge in [0.25, 0.3) is 0 Å². The van der Waals surface area contributed by atoms with E-state index in [1.165, 1.54) is 32.4 Å². The normalized spacial score (nSPS) is 36.3. The molecule has 1 saturated heterocycles. The molecule has 2 nitrogen and oxygen atoms in total. The molecule has 1 heterocycles. The van der Waals surface area contributed by atoms with E-state index in [1.54, 1.807) is 0 Å². The van der Waals surface area contributed by atoms with Gasteiger partial charge in [-0.15, -0.1) is 0 Å². The van der Waals surface area contributed by atoms with Crippen LogP contribution in [0, 0.1) is 11.3 Å². The Morgan fingerprint density at radius 1 is 1.40 bits per heavy atom. The SMILES string of the molecule is NCC1CC12CCNCC2. The molecule has 2 aliphatic rings. The fourth-order valence-electron chi connectivity index (χ4n) is 2.30.